The van der Waals surface area contributed by atoms with Gasteiger partial charge in [-0.25, -0.2) is 4.98 Å². The summed E-state index contributed by atoms with van der Waals surface area (Å²) in [7, 11) is 1.89. The summed E-state index contributed by atoms with van der Waals surface area (Å²) in [6, 6.07) is 10.2. The number of benzene rings is 1. The number of nitrogens with zero attached hydrogens (tertiary/aromatic N) is 2. The lowest BCUT2D eigenvalue weighted by Gasteiger charge is -2.18. The number of hydrogen-bond acceptors (Lipinski definition) is 4. The third-order valence-corrected chi connectivity index (χ3v) is 3.86. The smallest absolute Gasteiger partial charge is 0.222 e. The fraction of sp³-hybridized carbons (Fsp3) is 0.412. The molecule has 4 nitrogen and oxygen atoms in total. The first-order valence-electron chi connectivity index (χ1n) is 7.47. The molecule has 1 fully saturated rings. The molecule has 1 aromatic carbocycles. The summed E-state index contributed by atoms with van der Waals surface area (Å²) < 4.78 is 6.10. The fourth-order valence-electron chi connectivity index (χ4n) is 2.35. The van der Waals surface area contributed by atoms with Gasteiger partial charge in [-0.1, -0.05) is 30.3 Å². The molecule has 0 bridgehead atoms. The Kier molecular flexibility index (Phi) is 3.78. The van der Waals surface area contributed by atoms with Crippen LogP contribution in [0.3, 0.4) is 0 Å². The Morgan fingerprint density at radius 2 is 1.90 bits per heavy atom. The van der Waals surface area contributed by atoms with Crippen molar-refractivity contribution in [2.24, 2.45) is 0 Å². The van der Waals surface area contributed by atoms with Crippen molar-refractivity contribution in [3.63, 3.8) is 0 Å². The van der Waals surface area contributed by atoms with E-state index in [1.165, 1.54) is 12.8 Å². The zero-order valence-corrected chi connectivity index (χ0v) is 12.8. The molecular weight excluding hydrogens is 262 g/mol. The first-order valence-corrected chi connectivity index (χ1v) is 7.47. The minimum atomic E-state index is -0.0310. The second-order valence-corrected chi connectivity index (χ2v) is 5.56. The van der Waals surface area contributed by atoms with E-state index < -0.39 is 0 Å². The topological polar surface area (TPSA) is 47.0 Å². The van der Waals surface area contributed by atoms with E-state index in [4.69, 9.17) is 4.74 Å². The summed E-state index contributed by atoms with van der Waals surface area (Å²) in [5, 5.41) is 3.14. The highest BCUT2D eigenvalue weighted by molar-refractivity contribution is 5.48. The summed E-state index contributed by atoms with van der Waals surface area (Å²) in [4.78, 5) is 9.23. The van der Waals surface area contributed by atoms with Crippen molar-refractivity contribution in [3.05, 3.63) is 47.3 Å². The van der Waals surface area contributed by atoms with Crippen LogP contribution < -0.4 is 10.1 Å². The van der Waals surface area contributed by atoms with Crippen molar-refractivity contribution in [2.75, 3.05) is 12.4 Å². The van der Waals surface area contributed by atoms with Gasteiger partial charge < -0.3 is 10.1 Å². The molecule has 3 rings (SSSR count). The second-order valence-electron chi connectivity index (χ2n) is 5.56. The Labute approximate surface area is 125 Å². The fourth-order valence-corrected chi connectivity index (χ4v) is 2.35. The predicted molar refractivity (Wildman–Crippen MR) is 83.8 cm³/mol. The van der Waals surface area contributed by atoms with Gasteiger partial charge in [0, 0.05) is 13.0 Å². The molecule has 21 heavy (non-hydrogen) atoms. The van der Waals surface area contributed by atoms with Crippen molar-refractivity contribution in [1.29, 1.82) is 0 Å². The van der Waals surface area contributed by atoms with E-state index in [1.54, 1.807) is 0 Å². The highest BCUT2D eigenvalue weighted by Crippen LogP contribution is 2.40. The second kappa shape index (κ2) is 5.72. The predicted octanol–water partition coefficient (Wildman–Crippen LogP) is 3.84. The van der Waals surface area contributed by atoms with Crippen molar-refractivity contribution >= 4 is 5.82 Å². The average Bonchev–Trinajstić information content (AvgIpc) is 3.35. The van der Waals surface area contributed by atoms with Crippen LogP contribution in [0.4, 0.5) is 5.82 Å². The molecule has 1 unspecified atom stereocenters. The molecular formula is C17H21N3O. The van der Waals surface area contributed by atoms with E-state index >= 15 is 0 Å². The Balaban J connectivity index is 1.88. The third-order valence-electron chi connectivity index (χ3n) is 3.86. The summed E-state index contributed by atoms with van der Waals surface area (Å²) in [6.45, 7) is 4.04. The Hall–Kier alpha value is -2.10. The molecule has 1 heterocycles. The number of rotatable bonds is 5. The molecule has 1 aliphatic rings. The van der Waals surface area contributed by atoms with Gasteiger partial charge in [0.1, 0.15) is 17.7 Å². The van der Waals surface area contributed by atoms with Crippen molar-refractivity contribution in [3.8, 4) is 5.88 Å². The molecule has 4 heteroatoms. The number of hydrogen-bond donors (Lipinski definition) is 1. The third kappa shape index (κ3) is 2.99. The van der Waals surface area contributed by atoms with Gasteiger partial charge in [-0.2, -0.15) is 4.98 Å². The van der Waals surface area contributed by atoms with Crippen molar-refractivity contribution in [2.45, 2.75) is 38.7 Å². The molecule has 1 atom stereocenters. The molecule has 1 N–H and O–H groups in total. The van der Waals surface area contributed by atoms with Gasteiger partial charge in [0.2, 0.25) is 5.88 Å². The maximum absolute atomic E-state index is 6.10. The highest BCUT2D eigenvalue weighted by Gasteiger charge is 2.28. The van der Waals surface area contributed by atoms with E-state index in [9.17, 15) is 0 Å². The van der Waals surface area contributed by atoms with Crippen LogP contribution in [0.2, 0.25) is 0 Å². The Bertz CT molecular complexity index is 623. The normalized spacial score (nSPS) is 15.6. The molecule has 1 aromatic heterocycles. The first kappa shape index (κ1) is 13.9. The van der Waals surface area contributed by atoms with E-state index in [-0.39, 0.29) is 6.10 Å². The van der Waals surface area contributed by atoms with Crippen LogP contribution >= 0.6 is 0 Å². The quantitative estimate of drug-likeness (QED) is 0.905. The number of aromatic nitrogens is 2. The highest BCUT2D eigenvalue weighted by atomic mass is 16.5. The number of ether oxygens (including phenoxy) is 1. The molecule has 1 aliphatic carbocycles. The summed E-state index contributed by atoms with van der Waals surface area (Å²) in [5.41, 5.74) is 2.11. The average molecular weight is 283 g/mol. The van der Waals surface area contributed by atoms with Crippen LogP contribution in [0.5, 0.6) is 5.88 Å². The molecule has 1 saturated carbocycles. The lowest BCUT2D eigenvalue weighted by atomic mass is 10.1. The lowest BCUT2D eigenvalue weighted by Crippen LogP contribution is -2.09. The van der Waals surface area contributed by atoms with Gasteiger partial charge in [-0.15, -0.1) is 0 Å². The molecule has 0 radical (unpaired) electrons. The van der Waals surface area contributed by atoms with Gasteiger partial charge in [0.15, 0.2) is 0 Å². The van der Waals surface area contributed by atoms with E-state index in [0.29, 0.717) is 11.8 Å². The van der Waals surface area contributed by atoms with Gasteiger partial charge in [-0.05, 0) is 32.3 Å². The van der Waals surface area contributed by atoms with E-state index in [0.717, 1.165) is 22.8 Å². The van der Waals surface area contributed by atoms with Gasteiger partial charge >= 0.3 is 0 Å². The van der Waals surface area contributed by atoms with E-state index in [2.05, 4.69) is 27.4 Å². The van der Waals surface area contributed by atoms with Crippen molar-refractivity contribution in [1.82, 2.24) is 9.97 Å². The Morgan fingerprint density at radius 3 is 2.52 bits per heavy atom. The van der Waals surface area contributed by atoms with Gasteiger partial charge in [0.25, 0.3) is 0 Å². The Morgan fingerprint density at radius 1 is 1.19 bits per heavy atom. The SMILES string of the molecule is CNc1nc(C2CC2)nc(OC(C)c2ccccc2)c1C. The maximum atomic E-state index is 6.10. The molecule has 110 valence electrons. The first-order chi connectivity index (χ1) is 10.2. The summed E-state index contributed by atoms with van der Waals surface area (Å²) >= 11 is 0. The molecule has 0 spiro atoms. The monoisotopic (exact) mass is 283 g/mol. The van der Waals surface area contributed by atoms with Crippen molar-refractivity contribution < 1.29 is 4.74 Å². The van der Waals surface area contributed by atoms with Crippen LogP contribution in [0, 0.1) is 6.92 Å². The molecule has 0 amide bonds. The molecule has 2 aromatic rings. The summed E-state index contributed by atoms with van der Waals surface area (Å²) in [6.07, 6.45) is 2.33. The minimum absolute atomic E-state index is 0.0310. The lowest BCUT2D eigenvalue weighted by molar-refractivity contribution is 0.215. The van der Waals surface area contributed by atoms with Crippen LogP contribution in [-0.2, 0) is 0 Å². The molecule has 0 saturated heterocycles. The summed E-state index contributed by atoms with van der Waals surface area (Å²) in [5.74, 6) is 2.96. The van der Waals surface area contributed by atoms with Crippen LogP contribution in [0.15, 0.2) is 30.3 Å². The standard InChI is InChI=1S/C17H21N3O/c1-11-15(18-3)19-16(14-9-10-14)20-17(11)21-12(2)13-7-5-4-6-8-13/h4-8,12,14H,9-10H2,1-3H3,(H,18,19,20). The van der Waals surface area contributed by atoms with Crippen LogP contribution in [-0.4, -0.2) is 17.0 Å². The van der Waals surface area contributed by atoms with E-state index in [1.807, 2.05) is 39.1 Å². The number of nitrogens with one attached hydrogen (secondary N) is 1. The van der Waals surface area contributed by atoms with Gasteiger partial charge in [0.05, 0.1) is 5.56 Å². The largest absolute Gasteiger partial charge is 0.469 e. The van der Waals surface area contributed by atoms with Gasteiger partial charge in [-0.3, -0.25) is 0 Å². The number of anilines is 1. The maximum Gasteiger partial charge on any atom is 0.222 e. The zero-order valence-electron chi connectivity index (χ0n) is 12.8. The van der Waals surface area contributed by atoms with Crippen LogP contribution in [0.1, 0.15) is 48.7 Å². The van der Waals surface area contributed by atoms with Crippen LogP contribution in [0.25, 0.3) is 0 Å². The zero-order chi connectivity index (χ0) is 14.8. The minimum Gasteiger partial charge on any atom is -0.469 e. The molecule has 0 aliphatic heterocycles.